The van der Waals surface area contributed by atoms with Crippen molar-refractivity contribution < 1.29 is 9.69 Å². The standard InChI is InChI=1S/C22H27NO/c24-22(20-12-6-2-7-13-20)14-8-3-9-16-23-17-15-21(18-23)19-10-4-1-5-11-19/h1-2,4-7,10-13,21H,3,8-9,14-18H2/p+1/t21-/m0/s1. The molecule has 2 atom stereocenters. The van der Waals surface area contributed by atoms with E-state index < -0.39 is 0 Å². The number of nitrogens with one attached hydrogen (secondary N) is 1. The summed E-state index contributed by atoms with van der Waals surface area (Å²) in [6.45, 7) is 3.82. The first kappa shape index (κ1) is 16.9. The van der Waals surface area contributed by atoms with E-state index in [9.17, 15) is 4.79 Å². The van der Waals surface area contributed by atoms with Gasteiger partial charge in [-0.1, -0.05) is 60.7 Å². The molecule has 126 valence electrons. The molecule has 0 aliphatic carbocycles. The van der Waals surface area contributed by atoms with Crippen molar-refractivity contribution in [2.24, 2.45) is 0 Å². The Morgan fingerprint density at radius 2 is 1.62 bits per heavy atom. The molecule has 1 aliphatic rings. The lowest BCUT2D eigenvalue weighted by Gasteiger charge is -2.13. The van der Waals surface area contributed by atoms with Crippen LogP contribution in [0.4, 0.5) is 0 Å². The monoisotopic (exact) mass is 322 g/mol. The zero-order valence-corrected chi connectivity index (χ0v) is 14.4. The summed E-state index contributed by atoms with van der Waals surface area (Å²) >= 11 is 0. The topological polar surface area (TPSA) is 21.5 Å². The fraction of sp³-hybridized carbons (Fsp3) is 0.409. The Hall–Kier alpha value is -1.93. The minimum atomic E-state index is 0.285. The Labute approximate surface area is 145 Å². The van der Waals surface area contributed by atoms with Crippen LogP contribution in [-0.2, 0) is 0 Å². The van der Waals surface area contributed by atoms with Crippen LogP contribution in [0.25, 0.3) is 0 Å². The summed E-state index contributed by atoms with van der Waals surface area (Å²) < 4.78 is 0. The summed E-state index contributed by atoms with van der Waals surface area (Å²) in [4.78, 5) is 13.8. The van der Waals surface area contributed by atoms with Crippen LogP contribution in [0.2, 0.25) is 0 Å². The highest BCUT2D eigenvalue weighted by atomic mass is 16.1. The van der Waals surface area contributed by atoms with Gasteiger partial charge in [0.05, 0.1) is 19.6 Å². The SMILES string of the molecule is O=C(CCCCC[NH+]1CC[C@H](c2ccccc2)C1)c1ccccc1. The predicted molar refractivity (Wildman–Crippen MR) is 98.6 cm³/mol. The van der Waals surface area contributed by atoms with Gasteiger partial charge < -0.3 is 4.90 Å². The number of unbranched alkanes of at least 4 members (excludes halogenated alkanes) is 2. The van der Waals surface area contributed by atoms with E-state index in [4.69, 9.17) is 0 Å². The van der Waals surface area contributed by atoms with Gasteiger partial charge in [-0.15, -0.1) is 0 Å². The van der Waals surface area contributed by atoms with E-state index in [-0.39, 0.29) is 5.78 Å². The minimum absolute atomic E-state index is 0.285. The van der Waals surface area contributed by atoms with Crippen LogP contribution in [0.1, 0.15) is 53.9 Å². The van der Waals surface area contributed by atoms with E-state index in [1.165, 1.54) is 38.0 Å². The summed E-state index contributed by atoms with van der Waals surface area (Å²) in [5, 5.41) is 0. The third kappa shape index (κ3) is 4.78. The number of quaternary nitrogens is 1. The molecule has 1 aliphatic heterocycles. The Morgan fingerprint density at radius 3 is 2.38 bits per heavy atom. The van der Waals surface area contributed by atoms with E-state index in [0.29, 0.717) is 6.42 Å². The first-order chi connectivity index (χ1) is 11.8. The highest BCUT2D eigenvalue weighted by Crippen LogP contribution is 2.19. The van der Waals surface area contributed by atoms with Crippen LogP contribution in [0.5, 0.6) is 0 Å². The van der Waals surface area contributed by atoms with E-state index in [2.05, 4.69) is 30.3 Å². The van der Waals surface area contributed by atoms with Crippen LogP contribution >= 0.6 is 0 Å². The molecule has 3 rings (SSSR count). The third-order valence-electron chi connectivity index (χ3n) is 5.18. The second-order valence-electron chi connectivity index (χ2n) is 6.95. The van der Waals surface area contributed by atoms with Crippen molar-refractivity contribution in [2.75, 3.05) is 19.6 Å². The summed E-state index contributed by atoms with van der Waals surface area (Å²) in [5.41, 5.74) is 2.36. The maximum atomic E-state index is 12.1. The normalized spacial score (nSPS) is 20.2. The quantitative estimate of drug-likeness (QED) is 0.583. The number of carbonyl (C=O) groups is 1. The number of Topliss-reactive ketones (excluding diaryl/α,β-unsaturated/α-hetero) is 1. The van der Waals surface area contributed by atoms with Gasteiger partial charge in [0.1, 0.15) is 0 Å². The molecular weight excluding hydrogens is 294 g/mol. The number of benzene rings is 2. The molecule has 24 heavy (non-hydrogen) atoms. The van der Waals surface area contributed by atoms with Crippen molar-refractivity contribution in [2.45, 2.75) is 38.0 Å². The van der Waals surface area contributed by atoms with Crippen LogP contribution in [0, 0.1) is 0 Å². The van der Waals surface area contributed by atoms with E-state index in [1.54, 1.807) is 4.90 Å². The average molecular weight is 322 g/mol. The smallest absolute Gasteiger partial charge is 0.162 e. The van der Waals surface area contributed by atoms with E-state index in [0.717, 1.165) is 24.3 Å². The van der Waals surface area contributed by atoms with Gasteiger partial charge in [0.25, 0.3) is 0 Å². The third-order valence-corrected chi connectivity index (χ3v) is 5.18. The zero-order chi connectivity index (χ0) is 16.6. The van der Waals surface area contributed by atoms with Crippen molar-refractivity contribution in [3.8, 4) is 0 Å². The van der Waals surface area contributed by atoms with Gasteiger partial charge in [0.2, 0.25) is 0 Å². The van der Waals surface area contributed by atoms with Crippen LogP contribution in [-0.4, -0.2) is 25.4 Å². The predicted octanol–water partition coefficient (Wildman–Crippen LogP) is 3.50. The van der Waals surface area contributed by atoms with Crippen molar-refractivity contribution in [3.05, 3.63) is 71.8 Å². The molecular formula is C22H28NO+. The maximum absolute atomic E-state index is 12.1. The molecule has 0 aromatic heterocycles. The number of carbonyl (C=O) groups excluding carboxylic acids is 1. The van der Waals surface area contributed by atoms with Crippen LogP contribution in [0.15, 0.2) is 60.7 Å². The molecule has 1 saturated heterocycles. The zero-order valence-electron chi connectivity index (χ0n) is 14.4. The molecule has 2 aromatic rings. The second kappa shape index (κ2) is 8.79. The molecule has 1 heterocycles. The van der Waals surface area contributed by atoms with Gasteiger partial charge in [0.15, 0.2) is 5.78 Å². The lowest BCUT2D eigenvalue weighted by molar-refractivity contribution is -0.888. The highest BCUT2D eigenvalue weighted by Gasteiger charge is 2.26. The van der Waals surface area contributed by atoms with Gasteiger partial charge in [-0.2, -0.15) is 0 Å². The summed E-state index contributed by atoms with van der Waals surface area (Å²) in [6.07, 6.45) is 5.41. The molecule has 0 amide bonds. The van der Waals surface area contributed by atoms with Crippen LogP contribution in [0.3, 0.4) is 0 Å². The van der Waals surface area contributed by atoms with E-state index in [1.807, 2.05) is 30.3 Å². The highest BCUT2D eigenvalue weighted by molar-refractivity contribution is 5.95. The van der Waals surface area contributed by atoms with Crippen molar-refractivity contribution in [3.63, 3.8) is 0 Å². The van der Waals surface area contributed by atoms with Crippen LogP contribution < -0.4 is 4.90 Å². The minimum Gasteiger partial charge on any atom is -0.334 e. The fourth-order valence-electron chi connectivity index (χ4n) is 3.77. The number of likely N-dealkylation sites (tertiary alicyclic amines) is 1. The fourth-order valence-corrected chi connectivity index (χ4v) is 3.77. The molecule has 1 N–H and O–H groups in total. The number of ketones is 1. The van der Waals surface area contributed by atoms with Crippen molar-refractivity contribution in [1.29, 1.82) is 0 Å². The lowest BCUT2D eigenvalue weighted by atomic mass is 9.99. The Balaban J connectivity index is 1.31. The van der Waals surface area contributed by atoms with Gasteiger partial charge >= 0.3 is 0 Å². The van der Waals surface area contributed by atoms with Gasteiger partial charge in [0, 0.05) is 24.3 Å². The largest absolute Gasteiger partial charge is 0.334 e. The molecule has 2 nitrogen and oxygen atoms in total. The molecule has 0 radical (unpaired) electrons. The van der Waals surface area contributed by atoms with Crippen molar-refractivity contribution >= 4 is 5.78 Å². The second-order valence-corrected chi connectivity index (χ2v) is 6.95. The lowest BCUT2D eigenvalue weighted by Crippen LogP contribution is -3.10. The Morgan fingerprint density at radius 1 is 0.917 bits per heavy atom. The molecule has 2 aromatic carbocycles. The van der Waals surface area contributed by atoms with Gasteiger partial charge in [-0.25, -0.2) is 0 Å². The first-order valence-electron chi connectivity index (χ1n) is 9.29. The van der Waals surface area contributed by atoms with E-state index >= 15 is 0 Å². The first-order valence-corrected chi connectivity index (χ1v) is 9.29. The summed E-state index contributed by atoms with van der Waals surface area (Å²) in [7, 11) is 0. The molecule has 0 saturated carbocycles. The number of hydrogen-bond acceptors (Lipinski definition) is 1. The molecule has 0 spiro atoms. The maximum Gasteiger partial charge on any atom is 0.162 e. The molecule has 0 bridgehead atoms. The number of hydrogen-bond donors (Lipinski definition) is 1. The summed E-state index contributed by atoms with van der Waals surface area (Å²) in [5.74, 6) is 1.02. The average Bonchev–Trinajstić information content (AvgIpc) is 3.12. The van der Waals surface area contributed by atoms with Crippen molar-refractivity contribution in [1.82, 2.24) is 0 Å². The van der Waals surface area contributed by atoms with Gasteiger partial charge in [-0.3, -0.25) is 4.79 Å². The van der Waals surface area contributed by atoms with Gasteiger partial charge in [-0.05, 0) is 24.8 Å². The molecule has 1 fully saturated rings. The Bertz CT molecular complexity index is 623. The Kier molecular flexibility index (Phi) is 6.20. The molecule has 1 unspecified atom stereocenters. The summed E-state index contributed by atoms with van der Waals surface area (Å²) in [6, 6.07) is 20.6. The molecule has 2 heteroatoms. The number of rotatable bonds is 8.